The van der Waals surface area contributed by atoms with Crippen LogP contribution in [0.1, 0.15) is 355 Å². The molecular formula is C73H130O6. The molecule has 6 nitrogen and oxygen atoms in total. The lowest BCUT2D eigenvalue weighted by Crippen LogP contribution is -2.30. The molecule has 0 N–H and O–H groups in total. The van der Waals surface area contributed by atoms with Crippen molar-refractivity contribution in [2.45, 2.75) is 361 Å². The number of carbonyl (C=O) groups excluding carboxylic acids is 3. The molecule has 6 heteroatoms. The normalized spacial score (nSPS) is 12.5. The van der Waals surface area contributed by atoms with Gasteiger partial charge in [-0.25, -0.2) is 0 Å². The lowest BCUT2D eigenvalue weighted by molar-refractivity contribution is -0.167. The smallest absolute Gasteiger partial charge is 0.306 e. The highest BCUT2D eigenvalue weighted by atomic mass is 16.6. The number of hydrogen-bond acceptors (Lipinski definition) is 6. The highest BCUT2D eigenvalue weighted by Gasteiger charge is 2.19. The van der Waals surface area contributed by atoms with Crippen LogP contribution in [0.15, 0.2) is 72.9 Å². The summed E-state index contributed by atoms with van der Waals surface area (Å²) in [5.74, 6) is -0.892. The van der Waals surface area contributed by atoms with Crippen molar-refractivity contribution in [3.05, 3.63) is 72.9 Å². The maximum atomic E-state index is 12.9. The molecule has 0 amide bonds. The molecule has 0 aliphatic rings. The van der Waals surface area contributed by atoms with E-state index in [1.165, 1.54) is 205 Å². The van der Waals surface area contributed by atoms with E-state index in [-0.39, 0.29) is 31.1 Å². The SMILES string of the molecule is CC/C=C\C/C=C\C/C=C\C/C=C\C/C=C\C/C=C\CCCCCCC(=O)OC(COC(=O)CCCCCCCCCCC)COC(=O)CCCCCCCCCCCCCCCCCCCCCCCCCCCCCCC. The molecule has 0 rings (SSSR count). The zero-order chi connectivity index (χ0) is 57.1. The maximum absolute atomic E-state index is 12.9. The summed E-state index contributed by atoms with van der Waals surface area (Å²) in [5.41, 5.74) is 0. The molecule has 0 aromatic heterocycles. The Morgan fingerprint density at radius 3 is 0.772 bits per heavy atom. The van der Waals surface area contributed by atoms with Gasteiger partial charge in [0.1, 0.15) is 13.2 Å². The fraction of sp³-hybridized carbons (Fsp3) is 0.795. The van der Waals surface area contributed by atoms with Gasteiger partial charge < -0.3 is 14.2 Å². The van der Waals surface area contributed by atoms with Crippen molar-refractivity contribution in [1.82, 2.24) is 0 Å². The molecular weight excluding hydrogens is 973 g/mol. The van der Waals surface area contributed by atoms with Gasteiger partial charge >= 0.3 is 17.9 Å². The van der Waals surface area contributed by atoms with Crippen LogP contribution in [0.5, 0.6) is 0 Å². The summed E-state index contributed by atoms with van der Waals surface area (Å²) in [5, 5.41) is 0. The molecule has 0 saturated heterocycles. The van der Waals surface area contributed by atoms with E-state index in [4.69, 9.17) is 14.2 Å². The summed E-state index contributed by atoms with van der Waals surface area (Å²) in [7, 11) is 0. The van der Waals surface area contributed by atoms with Crippen molar-refractivity contribution in [3.63, 3.8) is 0 Å². The van der Waals surface area contributed by atoms with E-state index in [1.807, 2.05) is 0 Å². The first-order chi connectivity index (χ1) is 39.0. The van der Waals surface area contributed by atoms with E-state index in [0.29, 0.717) is 19.3 Å². The Morgan fingerprint density at radius 2 is 0.494 bits per heavy atom. The van der Waals surface area contributed by atoms with Crippen molar-refractivity contribution in [1.29, 1.82) is 0 Å². The van der Waals surface area contributed by atoms with E-state index >= 15 is 0 Å². The van der Waals surface area contributed by atoms with Gasteiger partial charge in [0.25, 0.3) is 0 Å². The third-order valence-electron chi connectivity index (χ3n) is 15.2. The standard InChI is InChI=1S/C73H130O6/c1-4-7-10-13-16-19-21-23-25-27-29-31-33-34-35-36-37-38-40-41-43-45-47-49-51-54-57-60-63-66-72(75)78-69-70(68-77-71(74)65-62-59-56-53-18-15-12-9-6-3)79-73(76)67-64-61-58-55-52-50-48-46-44-42-39-32-30-28-26-24-22-20-17-14-11-8-5-2/h8,11,17,20,24,26,30,32,42,44,48,50,70H,4-7,9-10,12-16,18-19,21-23,25,27-29,31,33-41,43,45-47,49,51-69H2,1-3H3/b11-8-,20-17-,26-24-,32-30-,44-42-,50-48-. The van der Waals surface area contributed by atoms with Crippen molar-refractivity contribution >= 4 is 17.9 Å². The van der Waals surface area contributed by atoms with Gasteiger partial charge in [0.2, 0.25) is 0 Å². The largest absolute Gasteiger partial charge is 0.462 e. The van der Waals surface area contributed by atoms with Gasteiger partial charge in [0.05, 0.1) is 0 Å². The summed E-state index contributed by atoms with van der Waals surface area (Å²) in [6.45, 7) is 6.53. The first kappa shape index (κ1) is 75.8. The van der Waals surface area contributed by atoms with Crippen LogP contribution in [0.25, 0.3) is 0 Å². The third kappa shape index (κ3) is 65.5. The molecule has 0 bridgehead atoms. The number of esters is 3. The summed E-state index contributed by atoms with van der Waals surface area (Å²) < 4.78 is 16.9. The predicted molar refractivity (Wildman–Crippen MR) is 344 cm³/mol. The van der Waals surface area contributed by atoms with Crippen molar-refractivity contribution < 1.29 is 28.6 Å². The highest BCUT2D eigenvalue weighted by Crippen LogP contribution is 2.18. The second-order valence-electron chi connectivity index (χ2n) is 23.1. The molecule has 0 radical (unpaired) electrons. The zero-order valence-corrected chi connectivity index (χ0v) is 52.6. The summed E-state index contributed by atoms with van der Waals surface area (Å²) >= 11 is 0. The average Bonchev–Trinajstić information content (AvgIpc) is 3.45. The molecule has 0 spiro atoms. The minimum absolute atomic E-state index is 0.0819. The van der Waals surface area contributed by atoms with Crippen LogP contribution < -0.4 is 0 Å². The summed E-state index contributed by atoms with van der Waals surface area (Å²) in [4.78, 5) is 38.2. The van der Waals surface area contributed by atoms with Gasteiger partial charge in [-0.15, -0.1) is 0 Å². The lowest BCUT2D eigenvalue weighted by Gasteiger charge is -2.18. The minimum atomic E-state index is -0.787. The molecule has 0 aliphatic carbocycles. The van der Waals surface area contributed by atoms with Gasteiger partial charge in [-0.1, -0.05) is 338 Å². The molecule has 0 heterocycles. The molecule has 1 atom stereocenters. The third-order valence-corrected chi connectivity index (χ3v) is 15.2. The molecule has 1 unspecified atom stereocenters. The molecule has 79 heavy (non-hydrogen) atoms. The second kappa shape index (κ2) is 67.4. The number of unbranched alkanes of at least 4 members (excludes halogenated alkanes) is 40. The van der Waals surface area contributed by atoms with Gasteiger partial charge in [0.15, 0.2) is 6.10 Å². The Morgan fingerprint density at radius 1 is 0.266 bits per heavy atom. The van der Waals surface area contributed by atoms with Crippen molar-refractivity contribution in [2.75, 3.05) is 13.2 Å². The summed E-state index contributed by atoms with van der Waals surface area (Å²) in [6.07, 6.45) is 88.1. The quantitative estimate of drug-likeness (QED) is 0.0261. The molecule has 0 fully saturated rings. The number of rotatable bonds is 63. The average molecular weight is 1100 g/mol. The minimum Gasteiger partial charge on any atom is -0.462 e. The fourth-order valence-corrected chi connectivity index (χ4v) is 10.1. The van der Waals surface area contributed by atoms with E-state index in [1.54, 1.807) is 0 Å². The number of ether oxygens (including phenoxy) is 3. The lowest BCUT2D eigenvalue weighted by atomic mass is 10.0. The first-order valence-electron chi connectivity index (χ1n) is 34.4. The maximum Gasteiger partial charge on any atom is 0.306 e. The predicted octanol–water partition coefficient (Wildman–Crippen LogP) is 23.7. The Hall–Kier alpha value is -3.15. The summed E-state index contributed by atoms with van der Waals surface area (Å²) in [6, 6.07) is 0. The Balaban J connectivity index is 4.16. The monoisotopic (exact) mass is 1100 g/mol. The Bertz CT molecular complexity index is 1450. The molecule has 0 aliphatic heterocycles. The van der Waals surface area contributed by atoms with Crippen LogP contribution in [-0.2, 0) is 28.6 Å². The fourth-order valence-electron chi connectivity index (χ4n) is 10.1. The van der Waals surface area contributed by atoms with Crippen LogP contribution in [0.2, 0.25) is 0 Å². The van der Waals surface area contributed by atoms with E-state index < -0.39 is 6.10 Å². The van der Waals surface area contributed by atoms with E-state index in [0.717, 1.165) is 109 Å². The topological polar surface area (TPSA) is 78.9 Å². The number of allylic oxidation sites excluding steroid dienone is 12. The first-order valence-corrected chi connectivity index (χ1v) is 34.4. The van der Waals surface area contributed by atoms with Gasteiger partial charge in [-0.2, -0.15) is 0 Å². The van der Waals surface area contributed by atoms with Crippen molar-refractivity contribution in [3.8, 4) is 0 Å². The van der Waals surface area contributed by atoms with Crippen LogP contribution >= 0.6 is 0 Å². The van der Waals surface area contributed by atoms with E-state index in [9.17, 15) is 14.4 Å². The molecule has 0 saturated carbocycles. The van der Waals surface area contributed by atoms with Gasteiger partial charge in [-0.05, 0) is 70.6 Å². The van der Waals surface area contributed by atoms with E-state index in [2.05, 4.69) is 93.7 Å². The Labute approximate surface area is 491 Å². The molecule has 458 valence electrons. The van der Waals surface area contributed by atoms with Crippen LogP contribution in [0.4, 0.5) is 0 Å². The molecule has 0 aromatic carbocycles. The van der Waals surface area contributed by atoms with Gasteiger partial charge in [-0.3, -0.25) is 14.4 Å². The number of carbonyl (C=O) groups is 3. The van der Waals surface area contributed by atoms with Crippen LogP contribution in [-0.4, -0.2) is 37.2 Å². The zero-order valence-electron chi connectivity index (χ0n) is 52.6. The Kier molecular flexibility index (Phi) is 64.7. The number of hydrogen-bond donors (Lipinski definition) is 0. The van der Waals surface area contributed by atoms with Crippen LogP contribution in [0, 0.1) is 0 Å². The molecule has 0 aromatic rings. The van der Waals surface area contributed by atoms with Gasteiger partial charge in [0, 0.05) is 19.3 Å². The van der Waals surface area contributed by atoms with Crippen molar-refractivity contribution in [2.24, 2.45) is 0 Å². The van der Waals surface area contributed by atoms with Crippen LogP contribution in [0.3, 0.4) is 0 Å². The highest BCUT2D eigenvalue weighted by molar-refractivity contribution is 5.71. The second-order valence-corrected chi connectivity index (χ2v) is 23.1.